The molecule has 4 saturated carbocycles. The maximum absolute atomic E-state index is 13.1. The summed E-state index contributed by atoms with van der Waals surface area (Å²) in [6.07, 6.45) is 5.57. The van der Waals surface area contributed by atoms with Gasteiger partial charge in [-0.1, -0.05) is 13.8 Å². The van der Waals surface area contributed by atoms with Crippen molar-refractivity contribution in [1.29, 1.82) is 0 Å². The zero-order valence-corrected chi connectivity index (χ0v) is 19.7. The number of amides is 1. The van der Waals surface area contributed by atoms with Gasteiger partial charge in [0.1, 0.15) is 11.5 Å². The average molecular weight is 474 g/mol. The molecule has 0 aliphatic heterocycles. The number of sulfonamides is 1. The second kappa shape index (κ2) is 8.57. The maximum Gasteiger partial charge on any atom is 0.291 e. The number of nitrogens with one attached hydrogen (secondary N) is 2. The molecule has 3 N–H and O–H groups in total. The lowest BCUT2D eigenvalue weighted by Crippen LogP contribution is -2.61. The van der Waals surface area contributed by atoms with Crippen LogP contribution in [0.2, 0.25) is 0 Å². The number of nitrogens with zero attached hydrogens (tertiary/aromatic N) is 1. The van der Waals surface area contributed by atoms with Gasteiger partial charge in [-0.3, -0.25) is 4.79 Å². The van der Waals surface area contributed by atoms with Crippen LogP contribution < -0.4 is 14.8 Å². The third-order valence-corrected chi connectivity index (χ3v) is 8.22. The number of rotatable bonds is 9. The van der Waals surface area contributed by atoms with Gasteiger partial charge < -0.3 is 19.7 Å². The molecule has 9 nitrogen and oxygen atoms in total. The van der Waals surface area contributed by atoms with Crippen LogP contribution in [0.25, 0.3) is 0 Å². The van der Waals surface area contributed by atoms with Gasteiger partial charge in [-0.2, -0.15) is 0 Å². The Morgan fingerprint density at radius 2 is 2.00 bits per heavy atom. The van der Waals surface area contributed by atoms with Crippen LogP contribution in [0.15, 0.2) is 9.42 Å². The van der Waals surface area contributed by atoms with Crippen LogP contribution >= 0.6 is 11.8 Å². The van der Waals surface area contributed by atoms with Crippen LogP contribution in [0, 0.1) is 17.8 Å². The smallest absolute Gasteiger partial charge is 0.291 e. The third-order valence-electron chi connectivity index (χ3n) is 6.42. The topological polar surface area (TPSA) is 131 Å². The fourth-order valence-corrected chi connectivity index (χ4v) is 7.01. The highest BCUT2D eigenvalue weighted by Gasteiger charge is 2.55. The van der Waals surface area contributed by atoms with Crippen molar-refractivity contribution in [2.45, 2.75) is 67.7 Å². The minimum Gasteiger partial charge on any atom is -0.473 e. The van der Waals surface area contributed by atoms with E-state index in [9.17, 15) is 18.3 Å². The standard InChI is InChI=1S/C20H31N3O6S2/c1-11(2)30-17-16(29-23-19(17)28-5-4-21-31(3,26)27)18(24)22-15-13-6-12-7-14(15)10-20(25,8-12)9-13/h11-15,21,25H,4-10H2,1-3H3,(H,22,24)/t12?,13?,14?,15-,20-. The van der Waals surface area contributed by atoms with Crippen molar-refractivity contribution in [3.8, 4) is 5.88 Å². The van der Waals surface area contributed by atoms with E-state index in [-0.39, 0.29) is 42.0 Å². The molecule has 2 atom stereocenters. The Bertz CT molecular complexity index is 915. The molecule has 174 valence electrons. The number of thioether (sulfide) groups is 1. The van der Waals surface area contributed by atoms with E-state index in [0.29, 0.717) is 22.6 Å². The van der Waals surface area contributed by atoms with E-state index in [4.69, 9.17) is 9.26 Å². The molecule has 5 rings (SSSR count). The number of aromatic nitrogens is 1. The summed E-state index contributed by atoms with van der Waals surface area (Å²) in [6, 6.07) is 0.0367. The van der Waals surface area contributed by atoms with Gasteiger partial charge in [0.25, 0.3) is 11.8 Å². The lowest BCUT2D eigenvalue weighted by Gasteiger charge is -2.58. The van der Waals surface area contributed by atoms with Gasteiger partial charge in [-0.05, 0) is 55.0 Å². The van der Waals surface area contributed by atoms with Gasteiger partial charge >= 0.3 is 0 Å². The molecule has 4 aliphatic rings. The van der Waals surface area contributed by atoms with Gasteiger partial charge in [0.2, 0.25) is 15.8 Å². The van der Waals surface area contributed by atoms with Crippen molar-refractivity contribution >= 4 is 27.7 Å². The Morgan fingerprint density at radius 1 is 1.32 bits per heavy atom. The first-order chi connectivity index (χ1) is 14.5. The van der Waals surface area contributed by atoms with Crippen LogP contribution in [0.4, 0.5) is 0 Å². The minimum absolute atomic E-state index is 0.0367. The molecule has 0 spiro atoms. The first kappa shape index (κ1) is 22.9. The van der Waals surface area contributed by atoms with E-state index in [0.717, 1.165) is 38.4 Å². The molecule has 1 amide bonds. The van der Waals surface area contributed by atoms with E-state index in [2.05, 4.69) is 15.2 Å². The summed E-state index contributed by atoms with van der Waals surface area (Å²) in [5, 5.41) is 18.0. The van der Waals surface area contributed by atoms with E-state index in [1.807, 2.05) is 13.8 Å². The second-order valence-electron chi connectivity index (χ2n) is 9.52. The number of aliphatic hydroxyl groups is 1. The highest BCUT2D eigenvalue weighted by Crippen LogP contribution is 2.55. The summed E-state index contributed by atoms with van der Waals surface area (Å²) in [4.78, 5) is 13.6. The van der Waals surface area contributed by atoms with Gasteiger partial charge in [0, 0.05) is 17.8 Å². The number of hydrogen-bond donors (Lipinski definition) is 3. The Kier molecular flexibility index (Phi) is 6.32. The summed E-state index contributed by atoms with van der Waals surface area (Å²) >= 11 is 1.42. The van der Waals surface area contributed by atoms with Crippen LogP contribution in [-0.2, 0) is 10.0 Å². The maximum atomic E-state index is 13.1. The molecule has 31 heavy (non-hydrogen) atoms. The molecule has 4 fully saturated rings. The van der Waals surface area contributed by atoms with Crippen LogP contribution in [0.3, 0.4) is 0 Å². The van der Waals surface area contributed by atoms with Gasteiger partial charge in [0.05, 0.1) is 11.9 Å². The normalized spacial score (nSPS) is 31.9. The predicted octanol–water partition coefficient (Wildman–Crippen LogP) is 1.77. The Morgan fingerprint density at radius 3 is 2.58 bits per heavy atom. The molecule has 0 radical (unpaired) electrons. The molecular weight excluding hydrogens is 442 g/mol. The zero-order chi connectivity index (χ0) is 22.4. The summed E-state index contributed by atoms with van der Waals surface area (Å²) in [6.45, 7) is 4.15. The van der Waals surface area contributed by atoms with E-state index in [1.165, 1.54) is 11.8 Å². The van der Waals surface area contributed by atoms with Crippen molar-refractivity contribution in [2.24, 2.45) is 17.8 Å². The molecular formula is C20H31N3O6S2. The summed E-state index contributed by atoms with van der Waals surface area (Å²) in [7, 11) is -3.31. The quantitative estimate of drug-likeness (QED) is 0.365. The monoisotopic (exact) mass is 473 g/mol. The minimum atomic E-state index is -3.31. The molecule has 0 saturated heterocycles. The SMILES string of the molecule is CC(C)Sc1c(OCCNS(C)(=O)=O)noc1C(=O)N[C@H]1C2CC3CC1C[C@](O)(C3)C2. The predicted molar refractivity (Wildman–Crippen MR) is 116 cm³/mol. The fraction of sp³-hybridized carbons (Fsp3) is 0.800. The molecule has 1 heterocycles. The molecule has 1 aromatic heterocycles. The first-order valence-electron chi connectivity index (χ1n) is 10.8. The summed E-state index contributed by atoms with van der Waals surface area (Å²) in [5.41, 5.74) is -0.552. The number of hydrogen-bond acceptors (Lipinski definition) is 8. The van der Waals surface area contributed by atoms with Crippen molar-refractivity contribution in [3.05, 3.63) is 5.76 Å². The van der Waals surface area contributed by atoms with Crippen molar-refractivity contribution < 1.29 is 27.6 Å². The lowest BCUT2D eigenvalue weighted by molar-refractivity contribution is -0.137. The van der Waals surface area contributed by atoms with Crippen molar-refractivity contribution in [2.75, 3.05) is 19.4 Å². The summed E-state index contributed by atoms with van der Waals surface area (Å²) < 4.78 is 35.7. The van der Waals surface area contributed by atoms with Crippen LogP contribution in [0.5, 0.6) is 5.88 Å². The molecule has 4 aliphatic carbocycles. The van der Waals surface area contributed by atoms with Gasteiger partial charge in [0.15, 0.2) is 0 Å². The van der Waals surface area contributed by atoms with Gasteiger partial charge in [-0.15, -0.1) is 11.8 Å². The molecule has 0 aromatic carbocycles. The third kappa shape index (κ3) is 5.20. The molecule has 1 aromatic rings. The van der Waals surface area contributed by atoms with E-state index in [1.54, 1.807) is 0 Å². The highest BCUT2D eigenvalue weighted by atomic mass is 32.2. The molecule has 2 unspecified atom stereocenters. The number of ether oxygens (including phenoxy) is 1. The van der Waals surface area contributed by atoms with Crippen LogP contribution in [-0.4, -0.2) is 60.9 Å². The fourth-order valence-electron chi connectivity index (χ4n) is 5.65. The van der Waals surface area contributed by atoms with Gasteiger partial charge in [-0.25, -0.2) is 13.1 Å². The molecule has 11 heteroatoms. The highest BCUT2D eigenvalue weighted by molar-refractivity contribution is 8.00. The van der Waals surface area contributed by atoms with E-state index < -0.39 is 15.6 Å². The summed E-state index contributed by atoms with van der Waals surface area (Å²) in [5.74, 6) is 1.15. The second-order valence-corrected chi connectivity index (χ2v) is 12.9. The Balaban J connectivity index is 1.44. The number of carbonyl (C=O) groups excluding carboxylic acids is 1. The molecule has 4 bridgehead atoms. The van der Waals surface area contributed by atoms with Crippen molar-refractivity contribution in [3.63, 3.8) is 0 Å². The number of carbonyl (C=O) groups is 1. The Labute approximate surface area is 187 Å². The first-order valence-corrected chi connectivity index (χ1v) is 13.6. The van der Waals surface area contributed by atoms with Crippen LogP contribution in [0.1, 0.15) is 56.5 Å². The zero-order valence-electron chi connectivity index (χ0n) is 18.1. The van der Waals surface area contributed by atoms with E-state index >= 15 is 0 Å². The average Bonchev–Trinajstić information content (AvgIpc) is 3.01. The van der Waals surface area contributed by atoms with Crippen molar-refractivity contribution in [1.82, 2.24) is 15.2 Å². The largest absolute Gasteiger partial charge is 0.473 e. The lowest BCUT2D eigenvalue weighted by atomic mass is 9.52. The Hall–Kier alpha value is -1.30.